The number of aliphatic hydroxyl groups is 1. The van der Waals surface area contributed by atoms with Gasteiger partial charge in [-0.25, -0.2) is 4.79 Å². The smallest absolute Gasteiger partial charge is 0.336 e. The van der Waals surface area contributed by atoms with E-state index in [0.29, 0.717) is 0 Å². The number of ketones is 1. The van der Waals surface area contributed by atoms with Crippen LogP contribution in [-0.4, -0.2) is 133 Å². The van der Waals surface area contributed by atoms with Crippen LogP contribution in [0.1, 0.15) is 135 Å². The molecule has 0 spiro atoms. The third-order valence-corrected chi connectivity index (χ3v) is 32.2. The highest BCUT2D eigenvalue weighted by atomic mass is 28.4. The van der Waals surface area contributed by atoms with E-state index in [-0.39, 0.29) is 65.8 Å². The molecule has 1 N–H and O–H groups in total. The maximum atomic E-state index is 15.0. The van der Waals surface area contributed by atoms with Crippen LogP contribution in [0.25, 0.3) is 0 Å². The summed E-state index contributed by atoms with van der Waals surface area (Å²) in [4.78, 5) is 28.9. The van der Waals surface area contributed by atoms with Crippen molar-refractivity contribution < 1.29 is 65.9 Å². The maximum Gasteiger partial charge on any atom is 0.336 e. The lowest BCUT2D eigenvalue weighted by Gasteiger charge is -2.45. The molecule has 0 aliphatic heterocycles. The molecule has 13 atom stereocenters. The average molecular weight is 1260 g/mol. The van der Waals surface area contributed by atoms with Crippen LogP contribution in [0.2, 0.25) is 54.4 Å². The minimum absolute atomic E-state index is 0.0219. The number of hydrogen-bond donors (Lipinski definition) is 1. The lowest BCUT2D eigenvalue weighted by Crippen LogP contribution is -2.55. The van der Waals surface area contributed by atoms with Crippen molar-refractivity contribution in [3.8, 4) is 11.5 Å². The van der Waals surface area contributed by atoms with Crippen LogP contribution in [-0.2, 0) is 64.5 Å². The van der Waals surface area contributed by atoms with Crippen molar-refractivity contribution in [3.05, 3.63) is 95.1 Å². The van der Waals surface area contributed by atoms with Crippen molar-refractivity contribution in [1.29, 1.82) is 0 Å². The first kappa shape index (κ1) is 78.8. The minimum atomic E-state index is -2.57. The van der Waals surface area contributed by atoms with Crippen molar-refractivity contribution >= 4 is 36.7 Å². The van der Waals surface area contributed by atoms with Crippen LogP contribution in [0.3, 0.4) is 0 Å². The van der Waals surface area contributed by atoms with Gasteiger partial charge in [-0.2, -0.15) is 0 Å². The van der Waals surface area contributed by atoms with Gasteiger partial charge in [0.2, 0.25) is 0 Å². The van der Waals surface area contributed by atoms with Crippen molar-refractivity contribution in [1.82, 2.24) is 0 Å². The highest BCUT2D eigenvalue weighted by Gasteiger charge is 2.49. The molecular weight excluding hydrogens is 1140 g/mol. The van der Waals surface area contributed by atoms with Crippen molar-refractivity contribution in [3.63, 3.8) is 0 Å². The van der Waals surface area contributed by atoms with Crippen LogP contribution in [0.4, 0.5) is 0 Å². The van der Waals surface area contributed by atoms with Gasteiger partial charge in [-0.1, -0.05) is 146 Å². The monoisotopic (exact) mass is 1260 g/mol. The fraction of sp³-hybridized carbons (Fsp3) is 0.710. The van der Waals surface area contributed by atoms with Crippen LogP contribution in [0, 0.1) is 35.5 Å². The van der Waals surface area contributed by atoms with Crippen molar-refractivity contribution in [2.24, 2.45) is 35.5 Å². The maximum absolute atomic E-state index is 15.0. The van der Waals surface area contributed by atoms with Gasteiger partial charge >= 0.3 is 5.97 Å². The number of aliphatic hydroxyl groups excluding tert-OH is 1. The standard InChI is InChI=1S/C69H120O14Si3/c1-29-30-46(2)39-48(4)61(80-45-73-18)57(44-81-84(23,24)67(9,10)11)63(79-43-54-33-37-56(75-20)38-34-54)50(6)59(71)41-58(70)47(3)40-49(5)60(82-85(25,26)68(12,13)14)51(7)62(78-42-53-31-35-55(74-19)36-32-53)52(8)64(76-21)65(66(72)77-22)83-86(27,28)69(15,16)17/h29-40,46-47,50-52,57,59-65,71H,41-45H2,1-28H3/b30-29-,48-39+,49-40+/t46-,47-,50+,51+,52-,57+,59-,60-,61+,62-,63-,64-,65+/m0/s1. The lowest BCUT2D eigenvalue weighted by atomic mass is 9.80. The topological polar surface area (TPSA) is 156 Å². The Balaban J connectivity index is 2.91. The molecule has 0 bridgehead atoms. The Morgan fingerprint density at radius 3 is 1.44 bits per heavy atom. The summed E-state index contributed by atoms with van der Waals surface area (Å²) >= 11 is 0. The van der Waals surface area contributed by atoms with Gasteiger partial charge < -0.3 is 56.3 Å². The van der Waals surface area contributed by atoms with E-state index in [0.717, 1.165) is 33.8 Å². The van der Waals surface area contributed by atoms with E-state index in [4.69, 9.17) is 51.2 Å². The van der Waals surface area contributed by atoms with E-state index in [1.807, 2.05) is 95.3 Å². The number of allylic oxidation sites excluding steroid dienone is 4. The number of ether oxygens (including phenoxy) is 8. The third kappa shape index (κ3) is 23.2. The highest BCUT2D eigenvalue weighted by Crippen LogP contribution is 2.44. The van der Waals surface area contributed by atoms with Crippen LogP contribution in [0.5, 0.6) is 11.5 Å². The largest absolute Gasteiger partial charge is 0.497 e. The van der Waals surface area contributed by atoms with Crippen LogP contribution >= 0.6 is 0 Å². The van der Waals surface area contributed by atoms with Crippen molar-refractivity contribution in [2.45, 2.75) is 234 Å². The Kier molecular flexibility index (Phi) is 31.8. The number of rotatable bonds is 37. The molecule has 2 rings (SSSR count). The number of methoxy groups -OCH3 is 5. The first-order valence-corrected chi connectivity index (χ1v) is 39.8. The molecule has 0 fully saturated rings. The fourth-order valence-electron chi connectivity index (χ4n) is 10.1. The second kappa shape index (κ2) is 34.8. The molecule has 17 heteroatoms. The molecule has 0 amide bonds. The first-order chi connectivity index (χ1) is 39.7. The van der Waals surface area contributed by atoms with Crippen LogP contribution < -0.4 is 9.47 Å². The number of Topliss-reactive ketones (excluding diaryl/α,β-unsaturated/α-hetero) is 1. The quantitative estimate of drug-likeness (QED) is 0.0295. The van der Waals surface area contributed by atoms with E-state index in [1.165, 1.54) is 7.11 Å². The number of hydrogen-bond acceptors (Lipinski definition) is 14. The second-order valence-electron chi connectivity index (χ2n) is 28.6. The zero-order valence-electron chi connectivity index (χ0n) is 58.7. The Hall–Kier alpha value is -3.31. The molecular formula is C69H120O14Si3. The molecule has 0 radical (unpaired) electrons. The molecule has 2 aromatic rings. The SMILES string of the molecule is C/C=C\[C@H](C)/C=C(\C)[C@@H](OCOC)[C@@H](CO[Si](C)(C)C(C)(C)C)[C@@H](OCc1ccc(OC)cc1)[C@H](C)[C@@H](O)CC(=O)[C@@H](C)/C=C(\C)[C@H](O[Si](C)(C)C(C)(C)C)[C@@H](C)[C@H](OCc1ccc(OC)cc1)[C@H](C)[C@H](OC)[C@@H](O[Si](C)(C)C(C)(C)C)C(=O)OC. The Labute approximate surface area is 525 Å². The molecule has 0 aliphatic rings. The summed E-state index contributed by atoms with van der Waals surface area (Å²) in [6, 6.07) is 15.5. The van der Waals surface area contributed by atoms with Gasteiger partial charge in [0.25, 0.3) is 0 Å². The molecule has 0 saturated carbocycles. The normalized spacial score (nSPS) is 18.2. The molecule has 0 aromatic heterocycles. The van der Waals surface area contributed by atoms with Gasteiger partial charge in [0.05, 0.1) is 71.2 Å². The molecule has 0 aliphatic carbocycles. The summed E-state index contributed by atoms with van der Waals surface area (Å²) in [7, 11) is 0.366. The van der Waals surface area contributed by atoms with E-state index in [2.05, 4.69) is 135 Å². The van der Waals surface area contributed by atoms with Gasteiger partial charge in [0.1, 0.15) is 24.1 Å². The lowest BCUT2D eigenvalue weighted by molar-refractivity contribution is -0.165. The molecule has 492 valence electrons. The Bertz CT molecular complexity index is 2420. The van der Waals surface area contributed by atoms with Crippen molar-refractivity contribution in [2.75, 3.05) is 48.9 Å². The predicted molar refractivity (Wildman–Crippen MR) is 357 cm³/mol. The first-order valence-electron chi connectivity index (χ1n) is 31.1. The summed E-state index contributed by atoms with van der Waals surface area (Å²) in [6.45, 7) is 49.8. The second-order valence-corrected chi connectivity index (χ2v) is 42.9. The molecule has 86 heavy (non-hydrogen) atoms. The third-order valence-electron chi connectivity index (χ3n) is 18.8. The van der Waals surface area contributed by atoms with E-state index < -0.39 is 97.3 Å². The van der Waals surface area contributed by atoms with Gasteiger partial charge in [-0.3, -0.25) is 4.79 Å². The van der Waals surface area contributed by atoms with Gasteiger partial charge in [0.15, 0.2) is 31.1 Å². The molecule has 2 aromatic carbocycles. The summed E-state index contributed by atoms with van der Waals surface area (Å²) in [5.41, 5.74) is 3.68. The molecule has 0 heterocycles. The Morgan fingerprint density at radius 2 is 1.02 bits per heavy atom. The van der Waals surface area contributed by atoms with E-state index >= 15 is 0 Å². The zero-order chi connectivity index (χ0) is 65.9. The summed E-state index contributed by atoms with van der Waals surface area (Å²) in [5, 5.41) is 12.1. The molecule has 0 saturated heterocycles. The van der Waals surface area contributed by atoms with Gasteiger partial charge in [-0.05, 0) is 128 Å². The minimum Gasteiger partial charge on any atom is -0.497 e. The number of esters is 1. The number of carbonyl (C=O) groups excluding carboxylic acids is 2. The van der Waals surface area contributed by atoms with E-state index in [1.54, 1.807) is 28.4 Å². The zero-order valence-corrected chi connectivity index (χ0v) is 61.7. The predicted octanol–water partition coefficient (Wildman–Crippen LogP) is 15.7. The summed E-state index contributed by atoms with van der Waals surface area (Å²) < 4.78 is 70.7. The van der Waals surface area contributed by atoms with Crippen LogP contribution in [0.15, 0.2) is 84.0 Å². The van der Waals surface area contributed by atoms with E-state index in [9.17, 15) is 14.7 Å². The van der Waals surface area contributed by atoms with Gasteiger partial charge in [0, 0.05) is 56.8 Å². The van der Waals surface area contributed by atoms with Gasteiger partial charge in [-0.15, -0.1) is 0 Å². The number of benzene rings is 2. The average Bonchev–Trinajstić information content (AvgIpc) is 1.04. The molecule has 0 unspecified atom stereocenters. The number of carbonyl (C=O) groups is 2. The summed E-state index contributed by atoms with van der Waals surface area (Å²) in [6.07, 6.45) is 2.91. The highest BCUT2D eigenvalue weighted by molar-refractivity contribution is 6.75. The fourth-order valence-corrected chi connectivity index (χ4v) is 13.7. The summed E-state index contributed by atoms with van der Waals surface area (Å²) in [5.74, 6) is -1.58. The Morgan fingerprint density at radius 1 is 0.570 bits per heavy atom. The molecule has 14 nitrogen and oxygen atoms in total.